The summed E-state index contributed by atoms with van der Waals surface area (Å²) in [6.07, 6.45) is 1.12. The predicted octanol–water partition coefficient (Wildman–Crippen LogP) is 1.26. The standard InChI is InChI=1S/C10H11ClN2O3/c1-13(9(14)5-10(15)16-2)8-4-3-7(11)6-12-8/h3-4,6H,5H2,1-2H3. The normalized spacial score (nSPS) is 9.69. The van der Waals surface area contributed by atoms with Gasteiger partial charge >= 0.3 is 5.97 Å². The molecule has 0 aromatic carbocycles. The number of rotatable bonds is 3. The van der Waals surface area contributed by atoms with Crippen molar-refractivity contribution in [1.29, 1.82) is 0 Å². The van der Waals surface area contributed by atoms with Crippen molar-refractivity contribution in [2.24, 2.45) is 0 Å². The summed E-state index contributed by atoms with van der Waals surface area (Å²) in [7, 11) is 2.76. The summed E-state index contributed by atoms with van der Waals surface area (Å²) in [5.74, 6) is -0.536. The number of pyridine rings is 1. The molecular formula is C10H11ClN2O3. The smallest absolute Gasteiger partial charge is 0.315 e. The lowest BCUT2D eigenvalue weighted by Gasteiger charge is -2.15. The number of ether oxygens (including phenoxy) is 1. The van der Waals surface area contributed by atoms with Crippen molar-refractivity contribution in [2.45, 2.75) is 6.42 Å². The van der Waals surface area contributed by atoms with Crippen LogP contribution in [0.2, 0.25) is 5.02 Å². The Hall–Kier alpha value is -1.62. The van der Waals surface area contributed by atoms with E-state index in [0.29, 0.717) is 10.8 Å². The Bertz CT molecular complexity index is 392. The molecule has 0 aliphatic rings. The van der Waals surface area contributed by atoms with Gasteiger partial charge in [-0.15, -0.1) is 0 Å². The molecule has 16 heavy (non-hydrogen) atoms. The van der Waals surface area contributed by atoms with E-state index in [0.717, 1.165) is 0 Å². The van der Waals surface area contributed by atoms with Crippen LogP contribution in [0.5, 0.6) is 0 Å². The van der Waals surface area contributed by atoms with E-state index in [1.807, 2.05) is 0 Å². The Morgan fingerprint density at radius 3 is 2.69 bits per heavy atom. The Kier molecular flexibility index (Phi) is 4.25. The second-order valence-corrected chi connectivity index (χ2v) is 3.48. The lowest BCUT2D eigenvalue weighted by molar-refractivity contribution is -0.143. The fourth-order valence-corrected chi connectivity index (χ4v) is 1.12. The maximum Gasteiger partial charge on any atom is 0.315 e. The average Bonchev–Trinajstić information content (AvgIpc) is 2.28. The van der Waals surface area contributed by atoms with E-state index in [2.05, 4.69) is 9.72 Å². The molecular weight excluding hydrogens is 232 g/mol. The summed E-state index contributed by atoms with van der Waals surface area (Å²) < 4.78 is 4.40. The van der Waals surface area contributed by atoms with Gasteiger partial charge in [0.2, 0.25) is 5.91 Å². The molecule has 0 saturated heterocycles. The SMILES string of the molecule is COC(=O)CC(=O)N(C)c1ccc(Cl)cn1. The maximum absolute atomic E-state index is 11.5. The van der Waals surface area contributed by atoms with Crippen molar-refractivity contribution < 1.29 is 14.3 Å². The van der Waals surface area contributed by atoms with Crippen molar-refractivity contribution in [3.05, 3.63) is 23.4 Å². The highest BCUT2D eigenvalue weighted by molar-refractivity contribution is 6.30. The summed E-state index contributed by atoms with van der Waals surface area (Å²) >= 11 is 5.66. The Morgan fingerprint density at radius 1 is 1.50 bits per heavy atom. The number of esters is 1. The molecule has 86 valence electrons. The lowest BCUT2D eigenvalue weighted by atomic mass is 10.3. The first-order valence-electron chi connectivity index (χ1n) is 4.49. The molecule has 0 aliphatic heterocycles. The molecule has 1 heterocycles. The van der Waals surface area contributed by atoms with Gasteiger partial charge in [-0.2, -0.15) is 0 Å². The van der Waals surface area contributed by atoms with Crippen molar-refractivity contribution in [3.63, 3.8) is 0 Å². The zero-order valence-electron chi connectivity index (χ0n) is 8.94. The van der Waals surface area contributed by atoms with Gasteiger partial charge in [0.15, 0.2) is 0 Å². The molecule has 0 bridgehead atoms. The summed E-state index contributed by atoms with van der Waals surface area (Å²) in [6, 6.07) is 3.21. The fourth-order valence-electron chi connectivity index (χ4n) is 1.01. The second-order valence-electron chi connectivity index (χ2n) is 3.04. The molecule has 0 atom stereocenters. The molecule has 1 aromatic heterocycles. The molecule has 5 nitrogen and oxygen atoms in total. The number of methoxy groups -OCH3 is 1. The fraction of sp³-hybridized carbons (Fsp3) is 0.300. The zero-order valence-corrected chi connectivity index (χ0v) is 9.69. The number of hydrogen-bond donors (Lipinski definition) is 0. The summed E-state index contributed by atoms with van der Waals surface area (Å²) in [5.41, 5.74) is 0. The molecule has 6 heteroatoms. The van der Waals surface area contributed by atoms with Crippen LogP contribution in [0.3, 0.4) is 0 Å². The zero-order chi connectivity index (χ0) is 12.1. The molecule has 0 fully saturated rings. The van der Waals surface area contributed by atoms with E-state index in [1.165, 1.54) is 25.3 Å². The highest BCUT2D eigenvalue weighted by atomic mass is 35.5. The molecule has 0 spiro atoms. The van der Waals surface area contributed by atoms with E-state index in [9.17, 15) is 9.59 Å². The van der Waals surface area contributed by atoms with Crippen LogP contribution >= 0.6 is 11.6 Å². The van der Waals surface area contributed by atoms with Gasteiger partial charge < -0.3 is 4.74 Å². The summed E-state index contributed by atoms with van der Waals surface area (Å²) in [6.45, 7) is 0. The van der Waals surface area contributed by atoms with Crippen LogP contribution in [0.1, 0.15) is 6.42 Å². The van der Waals surface area contributed by atoms with Crippen LogP contribution in [0, 0.1) is 0 Å². The van der Waals surface area contributed by atoms with Crippen LogP contribution < -0.4 is 4.90 Å². The minimum absolute atomic E-state index is 0.308. The number of anilines is 1. The number of halogens is 1. The third-order valence-electron chi connectivity index (χ3n) is 1.95. The third-order valence-corrected chi connectivity index (χ3v) is 2.18. The number of carbonyl (C=O) groups is 2. The van der Waals surface area contributed by atoms with Crippen molar-refractivity contribution in [1.82, 2.24) is 4.98 Å². The molecule has 1 aromatic rings. The Morgan fingerprint density at radius 2 is 2.19 bits per heavy atom. The molecule has 1 amide bonds. The minimum atomic E-state index is -0.578. The first-order chi connectivity index (χ1) is 7.54. The number of carbonyl (C=O) groups excluding carboxylic acids is 2. The van der Waals surface area contributed by atoms with E-state index in [1.54, 1.807) is 12.1 Å². The highest BCUT2D eigenvalue weighted by Crippen LogP contribution is 2.13. The van der Waals surface area contributed by atoms with Crippen LogP contribution in [-0.4, -0.2) is 31.0 Å². The molecule has 1 rings (SSSR count). The Balaban J connectivity index is 2.70. The van der Waals surface area contributed by atoms with Gasteiger partial charge in [-0.1, -0.05) is 11.6 Å². The largest absolute Gasteiger partial charge is 0.469 e. The minimum Gasteiger partial charge on any atom is -0.469 e. The van der Waals surface area contributed by atoms with Gasteiger partial charge in [0.25, 0.3) is 0 Å². The molecule has 0 aliphatic carbocycles. The molecule has 0 saturated carbocycles. The molecule has 0 radical (unpaired) electrons. The predicted molar refractivity (Wildman–Crippen MR) is 59.3 cm³/mol. The number of nitrogens with zero attached hydrogens (tertiary/aromatic N) is 2. The maximum atomic E-state index is 11.5. The lowest BCUT2D eigenvalue weighted by Crippen LogP contribution is -2.29. The highest BCUT2D eigenvalue weighted by Gasteiger charge is 2.16. The molecule has 0 N–H and O–H groups in total. The van der Waals surface area contributed by atoms with Crippen molar-refractivity contribution >= 4 is 29.3 Å². The first kappa shape index (κ1) is 12.4. The van der Waals surface area contributed by atoms with Crippen LogP contribution in [-0.2, 0) is 14.3 Å². The number of hydrogen-bond acceptors (Lipinski definition) is 4. The quantitative estimate of drug-likeness (QED) is 0.592. The van der Waals surface area contributed by atoms with Gasteiger partial charge in [-0.3, -0.25) is 14.5 Å². The first-order valence-corrected chi connectivity index (χ1v) is 4.87. The summed E-state index contributed by atoms with van der Waals surface area (Å²) in [4.78, 5) is 27.7. The monoisotopic (exact) mass is 242 g/mol. The Labute approximate surface area is 98.0 Å². The number of amides is 1. The topological polar surface area (TPSA) is 59.5 Å². The van der Waals surface area contributed by atoms with Crippen LogP contribution in [0.25, 0.3) is 0 Å². The average molecular weight is 243 g/mol. The van der Waals surface area contributed by atoms with Gasteiger partial charge in [0, 0.05) is 13.2 Å². The van der Waals surface area contributed by atoms with E-state index in [-0.39, 0.29) is 12.3 Å². The number of aromatic nitrogens is 1. The van der Waals surface area contributed by atoms with E-state index >= 15 is 0 Å². The summed E-state index contributed by atoms with van der Waals surface area (Å²) in [5, 5.41) is 0.484. The second kappa shape index (κ2) is 5.46. The van der Waals surface area contributed by atoms with Crippen LogP contribution in [0.4, 0.5) is 5.82 Å². The van der Waals surface area contributed by atoms with Crippen molar-refractivity contribution in [3.8, 4) is 0 Å². The van der Waals surface area contributed by atoms with E-state index in [4.69, 9.17) is 11.6 Å². The molecule has 0 unspecified atom stereocenters. The van der Waals surface area contributed by atoms with Gasteiger partial charge in [0.1, 0.15) is 12.2 Å². The van der Waals surface area contributed by atoms with Gasteiger partial charge in [-0.05, 0) is 12.1 Å². The van der Waals surface area contributed by atoms with Gasteiger partial charge in [-0.25, -0.2) is 4.98 Å². The van der Waals surface area contributed by atoms with Crippen LogP contribution in [0.15, 0.2) is 18.3 Å². The third kappa shape index (κ3) is 3.20. The van der Waals surface area contributed by atoms with E-state index < -0.39 is 5.97 Å². The van der Waals surface area contributed by atoms with Crippen molar-refractivity contribution in [2.75, 3.05) is 19.1 Å². The van der Waals surface area contributed by atoms with Gasteiger partial charge in [0.05, 0.1) is 12.1 Å².